The van der Waals surface area contributed by atoms with Crippen LogP contribution >= 0.6 is 0 Å². The van der Waals surface area contributed by atoms with Crippen LogP contribution in [0, 0.1) is 0 Å². The molecule has 20 heavy (non-hydrogen) atoms. The highest BCUT2D eigenvalue weighted by Crippen LogP contribution is 2.15. The molecule has 2 heteroatoms. The molecule has 0 aliphatic rings. The molecular formula is C18H20OSi. The summed E-state index contributed by atoms with van der Waals surface area (Å²) in [4.78, 5) is 0. The number of hydrogen-bond acceptors (Lipinski definition) is 1. The van der Waals surface area contributed by atoms with Crippen molar-refractivity contribution in [3.63, 3.8) is 0 Å². The molecule has 1 nitrogen and oxygen atoms in total. The zero-order valence-electron chi connectivity index (χ0n) is 12.1. The van der Waals surface area contributed by atoms with Crippen LogP contribution in [0.15, 0.2) is 61.7 Å². The van der Waals surface area contributed by atoms with Crippen molar-refractivity contribution >= 4 is 30.8 Å². The molecule has 0 radical (unpaired) electrons. The van der Waals surface area contributed by atoms with Crippen molar-refractivity contribution in [3.8, 4) is 0 Å². The second kappa shape index (κ2) is 6.03. The van der Waals surface area contributed by atoms with E-state index in [0.29, 0.717) is 0 Å². The SMILES string of the molecule is C=Cc1cccc([Si](C)(OC)c2ccccc2)c1C=C. The topological polar surface area (TPSA) is 9.23 Å². The lowest BCUT2D eigenvalue weighted by molar-refractivity contribution is 0.421. The molecule has 0 aliphatic carbocycles. The zero-order valence-corrected chi connectivity index (χ0v) is 13.1. The summed E-state index contributed by atoms with van der Waals surface area (Å²) >= 11 is 0. The molecule has 0 saturated heterocycles. The van der Waals surface area contributed by atoms with E-state index in [-0.39, 0.29) is 0 Å². The zero-order chi connectivity index (χ0) is 14.6. The second-order valence-corrected chi connectivity index (χ2v) is 8.41. The van der Waals surface area contributed by atoms with Gasteiger partial charge in [-0.3, -0.25) is 0 Å². The van der Waals surface area contributed by atoms with Gasteiger partial charge >= 0.3 is 0 Å². The first kappa shape index (κ1) is 14.5. The average Bonchev–Trinajstić information content (AvgIpc) is 2.54. The van der Waals surface area contributed by atoms with Gasteiger partial charge in [-0.15, -0.1) is 0 Å². The number of hydrogen-bond donors (Lipinski definition) is 0. The van der Waals surface area contributed by atoms with E-state index in [1.807, 2.05) is 18.2 Å². The Morgan fingerprint density at radius 3 is 2.20 bits per heavy atom. The molecule has 2 aromatic rings. The molecule has 0 heterocycles. The van der Waals surface area contributed by atoms with Gasteiger partial charge in [0.25, 0.3) is 8.32 Å². The lowest BCUT2D eigenvalue weighted by Gasteiger charge is -2.28. The first-order chi connectivity index (χ1) is 9.67. The minimum absolute atomic E-state index is 1.10. The van der Waals surface area contributed by atoms with Gasteiger partial charge in [0, 0.05) is 7.11 Å². The van der Waals surface area contributed by atoms with E-state index < -0.39 is 8.32 Å². The first-order valence-corrected chi connectivity index (χ1v) is 9.07. The summed E-state index contributed by atoms with van der Waals surface area (Å²) in [5, 5.41) is 2.49. The fourth-order valence-electron chi connectivity index (χ4n) is 2.54. The van der Waals surface area contributed by atoms with Crippen molar-refractivity contribution in [3.05, 3.63) is 72.8 Å². The van der Waals surface area contributed by atoms with E-state index in [4.69, 9.17) is 4.43 Å². The van der Waals surface area contributed by atoms with Crippen molar-refractivity contribution in [2.24, 2.45) is 0 Å². The summed E-state index contributed by atoms with van der Waals surface area (Å²) in [5.41, 5.74) is 2.23. The molecule has 0 spiro atoms. The van der Waals surface area contributed by atoms with Crippen LogP contribution in [0.25, 0.3) is 12.2 Å². The predicted octanol–water partition coefficient (Wildman–Crippen LogP) is 3.31. The summed E-state index contributed by atoms with van der Waals surface area (Å²) < 4.78 is 6.01. The number of benzene rings is 2. The van der Waals surface area contributed by atoms with Crippen molar-refractivity contribution in [1.82, 2.24) is 0 Å². The quantitative estimate of drug-likeness (QED) is 0.764. The van der Waals surface area contributed by atoms with Crippen LogP contribution in [0.2, 0.25) is 6.55 Å². The molecule has 0 aromatic heterocycles. The predicted molar refractivity (Wildman–Crippen MR) is 91.0 cm³/mol. The maximum atomic E-state index is 6.01. The molecule has 0 fully saturated rings. The summed E-state index contributed by atoms with van der Waals surface area (Å²) in [6.45, 7) is 10.1. The summed E-state index contributed by atoms with van der Waals surface area (Å²) in [7, 11) is -0.410. The Balaban J connectivity index is 2.69. The van der Waals surface area contributed by atoms with E-state index in [9.17, 15) is 0 Å². The molecule has 1 atom stereocenters. The highest BCUT2D eigenvalue weighted by Gasteiger charge is 2.34. The van der Waals surface area contributed by atoms with Crippen LogP contribution in [0.1, 0.15) is 11.1 Å². The lowest BCUT2D eigenvalue weighted by Crippen LogP contribution is -2.58. The number of rotatable bonds is 5. The van der Waals surface area contributed by atoms with Gasteiger partial charge in [0.2, 0.25) is 0 Å². The van der Waals surface area contributed by atoms with E-state index in [0.717, 1.165) is 11.1 Å². The van der Waals surface area contributed by atoms with Gasteiger partial charge in [-0.1, -0.05) is 73.8 Å². The molecule has 1 unspecified atom stereocenters. The maximum absolute atomic E-state index is 6.01. The van der Waals surface area contributed by atoms with Crippen LogP contribution in [0.4, 0.5) is 0 Å². The molecule has 0 bridgehead atoms. The Morgan fingerprint density at radius 1 is 0.950 bits per heavy atom. The van der Waals surface area contributed by atoms with Crippen molar-refractivity contribution < 1.29 is 4.43 Å². The van der Waals surface area contributed by atoms with Crippen LogP contribution in [0.5, 0.6) is 0 Å². The summed E-state index contributed by atoms with van der Waals surface area (Å²) in [5.74, 6) is 0. The molecule has 0 amide bonds. The van der Waals surface area contributed by atoms with Crippen molar-refractivity contribution in [2.45, 2.75) is 6.55 Å². The standard InChI is InChI=1S/C18H20OSi/c1-5-15-11-10-14-18(17(15)6-2)20(4,19-3)16-12-8-7-9-13-16/h5-14H,1-2H2,3-4H3. The van der Waals surface area contributed by atoms with Gasteiger partial charge < -0.3 is 4.43 Å². The van der Waals surface area contributed by atoms with Crippen molar-refractivity contribution in [1.29, 1.82) is 0 Å². The van der Waals surface area contributed by atoms with Gasteiger partial charge in [0.1, 0.15) is 0 Å². The molecular weight excluding hydrogens is 260 g/mol. The Bertz CT molecular complexity index is 619. The normalized spacial score (nSPS) is 13.5. The largest absolute Gasteiger partial charge is 0.411 e. The highest BCUT2D eigenvalue weighted by molar-refractivity contribution is 6.97. The second-order valence-electron chi connectivity index (χ2n) is 4.82. The smallest absolute Gasteiger partial charge is 0.252 e. The van der Waals surface area contributed by atoms with E-state index in [1.165, 1.54) is 10.4 Å². The van der Waals surface area contributed by atoms with Gasteiger partial charge in [-0.05, 0) is 28.0 Å². The molecule has 0 aliphatic heterocycles. The van der Waals surface area contributed by atoms with Crippen LogP contribution < -0.4 is 10.4 Å². The monoisotopic (exact) mass is 280 g/mol. The van der Waals surface area contributed by atoms with E-state index in [2.05, 4.69) is 62.2 Å². The molecule has 0 saturated carbocycles. The van der Waals surface area contributed by atoms with Gasteiger partial charge in [-0.2, -0.15) is 0 Å². The highest BCUT2D eigenvalue weighted by atomic mass is 28.4. The fourth-order valence-corrected chi connectivity index (χ4v) is 5.31. The van der Waals surface area contributed by atoms with Crippen LogP contribution in [0.3, 0.4) is 0 Å². The van der Waals surface area contributed by atoms with Crippen LogP contribution in [-0.2, 0) is 4.43 Å². The Kier molecular flexibility index (Phi) is 4.38. The molecule has 2 rings (SSSR count). The maximum Gasteiger partial charge on any atom is 0.252 e. The first-order valence-electron chi connectivity index (χ1n) is 6.66. The summed E-state index contributed by atoms with van der Waals surface area (Å²) in [6, 6.07) is 16.7. The van der Waals surface area contributed by atoms with Gasteiger partial charge in [0.05, 0.1) is 0 Å². The molecule has 102 valence electrons. The molecule has 2 aromatic carbocycles. The third-order valence-corrected chi connectivity index (χ3v) is 7.53. The molecule has 0 N–H and O–H groups in total. The Labute approximate surface area is 122 Å². The Hall–Kier alpha value is -1.90. The van der Waals surface area contributed by atoms with E-state index >= 15 is 0 Å². The Morgan fingerprint density at radius 2 is 1.65 bits per heavy atom. The fraction of sp³-hybridized carbons (Fsp3) is 0.111. The summed E-state index contributed by atoms with van der Waals surface area (Å²) in [6.07, 6.45) is 3.77. The van der Waals surface area contributed by atoms with E-state index in [1.54, 1.807) is 7.11 Å². The van der Waals surface area contributed by atoms with Crippen molar-refractivity contribution in [2.75, 3.05) is 7.11 Å². The van der Waals surface area contributed by atoms with Crippen LogP contribution in [-0.4, -0.2) is 15.4 Å². The third kappa shape index (κ3) is 2.40. The minimum atomic E-state index is -2.21. The lowest BCUT2D eigenvalue weighted by atomic mass is 10.1. The minimum Gasteiger partial charge on any atom is -0.411 e. The van der Waals surface area contributed by atoms with Gasteiger partial charge in [0.15, 0.2) is 0 Å². The third-order valence-electron chi connectivity index (χ3n) is 3.81. The van der Waals surface area contributed by atoms with Gasteiger partial charge in [-0.25, -0.2) is 0 Å². The average molecular weight is 280 g/mol.